The summed E-state index contributed by atoms with van der Waals surface area (Å²) >= 11 is 0. The zero-order valence-electron chi connectivity index (χ0n) is 77.7. The molecular formula is C81H138O65. The maximum atomic E-state index is 12.6. The van der Waals surface area contributed by atoms with Gasteiger partial charge in [0.05, 0.1) is 92.0 Å². The standard InChI is InChI=1S/C81H138O65/c1-17-31(92)60(43(104)29(124-17)15-122-70-50(111)61(34(95)20(6-84)125-70)140-76-52(113)63(36(97)22(8-86)130-76)138-72-47(108)45(106)32(93)18(4-82)127-72)137-75-54(115)66(39(100)24(10-88)129-75)143-79-57(118)68(41(102)27(13-91)133-79)145-81-58(119)69(146-80-56(117)67(40(101)26(12-90)134-80)144-78-55(116)65(38(99)25(11-89)132-78)142-74-49(110)59(121-3)42(103)28(135-74)14-120-2)44(105)30(136-81)16-123-71-51(112)62(35(96)21(7-85)126-71)141-77-53(114)64(37(98)23(9-87)131-77)139-73-48(109)46(107)33(94)19(5-83)128-73/h17-119H,4-16H2,1-3H3/t17-,18?,19?,20?,21?,22?,23?,24?,25?,26?,27?,28?,29?,30?,31+,32+,33+,34+,35+,36+,37+,38+,39+,40+,41+,42+,43+,44+,45?,46?,47-,48-,49-,50-,51-,52-,53-,54-,55-,56-,57-,58-,59?,60?,61?,62?,63?,64?,65?,66?,67?,68?,69?,70+,71+,72-,73-,74-,75-,76-,77-,78-,79-,80-,81-/m0/s1. The van der Waals surface area contributed by atoms with Gasteiger partial charge in [0.15, 0.2) is 75.5 Å². The van der Waals surface area contributed by atoms with Gasteiger partial charge in [0.25, 0.3) is 0 Å². The lowest BCUT2D eigenvalue weighted by Crippen LogP contribution is -2.69. The predicted molar refractivity (Wildman–Crippen MR) is 441 cm³/mol. The van der Waals surface area contributed by atoms with E-state index in [1.165, 1.54) is 14.0 Å². The molecule has 65 nitrogen and oxygen atoms in total. The third-order valence-electron chi connectivity index (χ3n) is 27.8. The molecule has 146 heavy (non-hydrogen) atoms. The maximum absolute atomic E-state index is 12.6. The fraction of sp³-hybridized carbons (Fsp3) is 1.00. The zero-order chi connectivity index (χ0) is 107. The number of hydrogen-bond acceptors (Lipinski definition) is 65. The normalized spacial score (nSPS) is 53.3. The summed E-state index contributed by atoms with van der Waals surface area (Å²) in [6.07, 6.45) is -137. The first-order valence-electron chi connectivity index (χ1n) is 46.8. The van der Waals surface area contributed by atoms with Crippen molar-refractivity contribution in [3.63, 3.8) is 0 Å². The molecule has 0 bridgehead atoms. The van der Waals surface area contributed by atoms with Crippen LogP contribution < -0.4 is 0 Å². The molecule has 0 radical (unpaired) electrons. The molecule has 0 spiro atoms. The Balaban J connectivity index is 0.731. The second-order valence-corrected chi connectivity index (χ2v) is 37.3. The third-order valence-corrected chi connectivity index (χ3v) is 27.8. The zero-order valence-corrected chi connectivity index (χ0v) is 77.7. The van der Waals surface area contributed by atoms with Crippen LogP contribution in [-0.4, -0.2) is 693 Å². The first-order valence-corrected chi connectivity index (χ1v) is 46.8. The number of methoxy groups -OCH3 is 2. The molecule has 65 atom stereocenters. The molecule has 0 saturated carbocycles. The van der Waals surface area contributed by atoms with Crippen molar-refractivity contribution in [2.24, 2.45) is 0 Å². The summed E-state index contributed by atoms with van der Waals surface area (Å²) < 4.78 is 155. The number of aliphatic hydroxyl groups excluding tert-OH is 38. The Labute approximate surface area is 825 Å². The average molecular weight is 2150 g/mol. The van der Waals surface area contributed by atoms with Gasteiger partial charge in [-0.05, 0) is 6.92 Å². The van der Waals surface area contributed by atoms with E-state index in [9.17, 15) is 194 Å². The first kappa shape index (κ1) is 120. The highest BCUT2D eigenvalue weighted by Gasteiger charge is 2.64. The van der Waals surface area contributed by atoms with Crippen molar-refractivity contribution >= 4 is 0 Å². The summed E-state index contributed by atoms with van der Waals surface area (Å²) in [6, 6.07) is 0. The van der Waals surface area contributed by atoms with Gasteiger partial charge in [0.1, 0.15) is 317 Å². The van der Waals surface area contributed by atoms with Crippen LogP contribution in [0.5, 0.6) is 0 Å². The summed E-state index contributed by atoms with van der Waals surface area (Å²) in [7, 11) is 2.34. The van der Waals surface area contributed by atoms with Gasteiger partial charge in [0.2, 0.25) is 0 Å². The molecule has 13 aliphatic heterocycles. The van der Waals surface area contributed by atoms with Crippen LogP contribution >= 0.6 is 0 Å². The van der Waals surface area contributed by atoms with Crippen molar-refractivity contribution in [3.8, 4) is 0 Å². The van der Waals surface area contributed by atoms with Gasteiger partial charge in [0, 0.05) is 14.2 Å². The predicted octanol–water partition coefficient (Wildman–Crippen LogP) is -27.0. The Kier molecular flexibility index (Phi) is 43.5. The maximum Gasteiger partial charge on any atom is 0.187 e. The molecule has 852 valence electrons. The van der Waals surface area contributed by atoms with Gasteiger partial charge in [-0.25, -0.2) is 0 Å². The van der Waals surface area contributed by atoms with Crippen LogP contribution in [0.3, 0.4) is 0 Å². The first-order chi connectivity index (χ1) is 69.4. The minimum absolute atomic E-state index is 0.341. The van der Waals surface area contributed by atoms with Crippen LogP contribution in [0.4, 0.5) is 0 Å². The molecular weight excluding hydrogens is 2010 g/mol. The molecule has 38 N–H and O–H groups in total. The fourth-order valence-electron chi connectivity index (χ4n) is 19.3. The molecule has 65 heteroatoms. The van der Waals surface area contributed by atoms with Crippen LogP contribution in [0, 0.1) is 0 Å². The second kappa shape index (κ2) is 52.7. The monoisotopic (exact) mass is 2150 g/mol. The topological polar surface area (TPSA) is 1020 Å². The Morgan fingerprint density at radius 3 is 0.507 bits per heavy atom. The summed E-state index contributed by atoms with van der Waals surface area (Å²) in [5, 5.41) is 427. The molecule has 0 aromatic rings. The van der Waals surface area contributed by atoms with Crippen LogP contribution in [-0.2, 0) is 128 Å². The average Bonchev–Trinajstić information content (AvgIpc) is 0.776. The second-order valence-electron chi connectivity index (χ2n) is 37.3. The highest BCUT2D eigenvalue weighted by molar-refractivity contribution is 5.06. The molecule has 13 fully saturated rings. The van der Waals surface area contributed by atoms with E-state index in [2.05, 4.69) is 0 Å². The van der Waals surface area contributed by atoms with E-state index in [-0.39, 0.29) is 6.61 Å². The van der Waals surface area contributed by atoms with Gasteiger partial charge in [-0.1, -0.05) is 0 Å². The van der Waals surface area contributed by atoms with E-state index < -0.39 is 478 Å². The van der Waals surface area contributed by atoms with E-state index in [1.807, 2.05) is 0 Å². The Bertz CT molecular complexity index is 3840. The van der Waals surface area contributed by atoms with Gasteiger partial charge >= 0.3 is 0 Å². The molecule has 13 heterocycles. The molecule has 13 saturated heterocycles. The van der Waals surface area contributed by atoms with Crippen molar-refractivity contribution < 1.29 is 322 Å². The number of hydrogen-bond donors (Lipinski definition) is 38. The van der Waals surface area contributed by atoms with E-state index in [4.69, 9.17) is 128 Å². The minimum atomic E-state index is -2.68. The van der Waals surface area contributed by atoms with E-state index in [1.54, 1.807) is 0 Å². The van der Waals surface area contributed by atoms with Crippen LogP contribution in [0.1, 0.15) is 6.92 Å². The smallest absolute Gasteiger partial charge is 0.187 e. The number of rotatable bonds is 39. The van der Waals surface area contributed by atoms with Crippen molar-refractivity contribution in [1.82, 2.24) is 0 Å². The third kappa shape index (κ3) is 25.2. The quantitative estimate of drug-likeness (QED) is 0.0272. The molecule has 26 unspecified atom stereocenters. The van der Waals surface area contributed by atoms with E-state index in [0.717, 1.165) is 7.11 Å². The molecule has 0 amide bonds. The lowest BCUT2D eigenvalue weighted by molar-refractivity contribution is -0.402. The lowest BCUT2D eigenvalue weighted by atomic mass is 9.94. The van der Waals surface area contributed by atoms with Gasteiger partial charge in [-0.2, -0.15) is 0 Å². The van der Waals surface area contributed by atoms with Crippen LogP contribution in [0.25, 0.3) is 0 Å². The van der Waals surface area contributed by atoms with Crippen LogP contribution in [0.15, 0.2) is 0 Å². The van der Waals surface area contributed by atoms with E-state index >= 15 is 0 Å². The van der Waals surface area contributed by atoms with Crippen molar-refractivity contribution in [1.29, 1.82) is 0 Å². The SMILES string of the molecule is COCC1O[C@@H](OC2[C@H](O)C(CO)O[C@@H](OC3[C@H](O)C(CO)O[C@@H](OC4[C@H](O)C(CO[C@@H]5OC(CO)[C@@H](O)C(O[C@@H]6OC(CO)[C@@H](O)C(O[C@@H]7OC(CO)[C@@H](O)C(O)[C@@H]7O)[C@@H]6O)[C@@H]5O)O[C@@H](OC5[C@H](O)C(CO)O[C@@H](OC6[C@H](O)C(CO)O[C@@H](OC7[C@H](O)C(CO[C@@H]8OC(CO)[C@@H](O)C(O[C@@H]9OC(CO)[C@@H](O)C(O[C@@H]%10OC(CO)[C@@H](O)C(O)[C@@H]%10O)[C@@H]9O)[C@@H]8O)O[C@@H](C)[C@H]7O)[C@H]6O)[C@H]5O)[C@H]4O)[C@H]3O)[C@H]2O)[C@@H](O)C(OC)[C@@H]1O. The fourth-order valence-corrected chi connectivity index (χ4v) is 19.3. The Morgan fingerprint density at radius 2 is 0.301 bits per heavy atom. The van der Waals surface area contributed by atoms with Crippen LogP contribution in [0.2, 0.25) is 0 Å². The van der Waals surface area contributed by atoms with Gasteiger partial charge in [-0.15, -0.1) is 0 Å². The Morgan fingerprint density at radius 1 is 0.151 bits per heavy atom. The Hall–Kier alpha value is -2.60. The molecule has 0 aliphatic carbocycles. The highest BCUT2D eigenvalue weighted by atomic mass is 16.8. The van der Waals surface area contributed by atoms with E-state index in [0.29, 0.717) is 0 Å². The summed E-state index contributed by atoms with van der Waals surface area (Å²) in [5.74, 6) is 0. The summed E-state index contributed by atoms with van der Waals surface area (Å²) in [4.78, 5) is 0. The van der Waals surface area contributed by atoms with Crippen molar-refractivity contribution in [3.05, 3.63) is 0 Å². The van der Waals surface area contributed by atoms with Gasteiger partial charge < -0.3 is 322 Å². The number of aliphatic hydroxyl groups is 38. The molecule has 13 aliphatic rings. The largest absolute Gasteiger partial charge is 0.394 e. The molecule has 13 rings (SSSR count). The van der Waals surface area contributed by atoms with Crippen molar-refractivity contribution in [2.75, 3.05) is 100 Å². The summed E-state index contributed by atoms with van der Waals surface area (Å²) in [5.41, 5.74) is 0. The van der Waals surface area contributed by atoms with Crippen molar-refractivity contribution in [2.45, 2.75) is 406 Å². The van der Waals surface area contributed by atoms with Gasteiger partial charge in [-0.3, -0.25) is 0 Å². The summed E-state index contributed by atoms with van der Waals surface area (Å²) in [6.45, 7) is -12.5. The number of ether oxygens (including phenoxy) is 27. The molecule has 0 aromatic heterocycles. The lowest BCUT2D eigenvalue weighted by Gasteiger charge is -2.50. The molecule has 0 aromatic carbocycles. The minimum Gasteiger partial charge on any atom is -0.394 e. The highest BCUT2D eigenvalue weighted by Crippen LogP contribution is 2.43.